The van der Waals surface area contributed by atoms with Gasteiger partial charge < -0.3 is 15.5 Å². The van der Waals surface area contributed by atoms with Crippen molar-refractivity contribution in [2.24, 2.45) is 0 Å². The van der Waals surface area contributed by atoms with Crippen LogP contribution in [0.2, 0.25) is 0 Å². The molecular formula is C13H17NO4. The highest BCUT2D eigenvalue weighted by molar-refractivity contribution is 5.80. The number of aliphatic carboxylic acids is 1. The molecule has 5 nitrogen and oxygen atoms in total. The minimum atomic E-state index is -1.93. The summed E-state index contributed by atoms with van der Waals surface area (Å²) in [7, 11) is 0. The van der Waals surface area contributed by atoms with Gasteiger partial charge in [0.2, 0.25) is 5.91 Å². The number of hydrogen-bond donors (Lipinski definition) is 3. The third-order valence-corrected chi connectivity index (χ3v) is 2.57. The van der Waals surface area contributed by atoms with E-state index < -0.39 is 11.6 Å². The zero-order chi connectivity index (χ0) is 13.6. The molecule has 1 aromatic rings. The molecule has 0 saturated carbocycles. The van der Waals surface area contributed by atoms with Gasteiger partial charge in [-0.25, -0.2) is 4.79 Å². The maximum Gasteiger partial charge on any atom is 0.337 e. The monoisotopic (exact) mass is 251 g/mol. The molecule has 0 heterocycles. The summed E-state index contributed by atoms with van der Waals surface area (Å²) in [6.07, 6.45) is 0.849. The van der Waals surface area contributed by atoms with Crippen LogP contribution in [0, 0.1) is 0 Å². The Morgan fingerprint density at radius 2 is 1.89 bits per heavy atom. The highest BCUT2D eigenvalue weighted by atomic mass is 16.4. The molecule has 3 N–H and O–H groups in total. The van der Waals surface area contributed by atoms with Crippen molar-refractivity contribution in [1.82, 2.24) is 5.32 Å². The number of carbonyl (C=O) groups is 2. The van der Waals surface area contributed by atoms with E-state index in [-0.39, 0.29) is 18.9 Å². The molecule has 0 aromatic heterocycles. The fourth-order valence-electron chi connectivity index (χ4n) is 1.34. The van der Waals surface area contributed by atoms with E-state index in [1.165, 1.54) is 0 Å². The van der Waals surface area contributed by atoms with Crippen molar-refractivity contribution < 1.29 is 19.8 Å². The van der Waals surface area contributed by atoms with Crippen molar-refractivity contribution in [1.29, 1.82) is 0 Å². The van der Waals surface area contributed by atoms with E-state index in [4.69, 9.17) is 5.11 Å². The van der Waals surface area contributed by atoms with Crippen molar-refractivity contribution >= 4 is 11.9 Å². The normalized spacial score (nSPS) is 13.7. The lowest BCUT2D eigenvalue weighted by atomic mass is 10.1. The summed E-state index contributed by atoms with van der Waals surface area (Å²) in [6, 6.07) is 9.51. The first-order valence-electron chi connectivity index (χ1n) is 5.68. The third-order valence-electron chi connectivity index (χ3n) is 2.57. The molecule has 0 fully saturated rings. The van der Waals surface area contributed by atoms with Crippen LogP contribution in [-0.2, 0) is 16.0 Å². The van der Waals surface area contributed by atoms with Crippen LogP contribution in [0.15, 0.2) is 30.3 Å². The molecule has 1 rings (SSSR count). The highest BCUT2D eigenvalue weighted by Crippen LogP contribution is 2.04. The molecule has 1 unspecified atom stereocenters. The highest BCUT2D eigenvalue weighted by Gasteiger charge is 2.30. The van der Waals surface area contributed by atoms with Gasteiger partial charge in [0.15, 0.2) is 5.60 Å². The van der Waals surface area contributed by atoms with Gasteiger partial charge >= 0.3 is 5.97 Å². The number of carboxylic acids is 1. The smallest absolute Gasteiger partial charge is 0.337 e. The van der Waals surface area contributed by atoms with Gasteiger partial charge in [-0.1, -0.05) is 30.3 Å². The molecule has 0 aliphatic rings. The number of amides is 1. The molecule has 0 bridgehead atoms. The molecule has 18 heavy (non-hydrogen) atoms. The molecule has 98 valence electrons. The average molecular weight is 251 g/mol. The zero-order valence-corrected chi connectivity index (χ0v) is 10.2. The summed E-state index contributed by atoms with van der Waals surface area (Å²) in [6.45, 7) is 0.850. The molecule has 1 aromatic carbocycles. The predicted molar refractivity (Wildman–Crippen MR) is 66.0 cm³/mol. The van der Waals surface area contributed by atoms with Crippen LogP contribution in [0.3, 0.4) is 0 Å². The van der Waals surface area contributed by atoms with E-state index in [1.807, 2.05) is 30.3 Å². The third kappa shape index (κ3) is 4.55. The molecule has 0 aliphatic carbocycles. The van der Waals surface area contributed by atoms with Crippen LogP contribution in [0.1, 0.15) is 18.9 Å². The van der Waals surface area contributed by atoms with Gasteiger partial charge in [-0.15, -0.1) is 0 Å². The predicted octanol–water partition coefficient (Wildman–Crippen LogP) is 0.571. The van der Waals surface area contributed by atoms with Gasteiger partial charge in [0.05, 0.1) is 6.54 Å². The number of carboxylic acid groups (broad SMARTS) is 1. The van der Waals surface area contributed by atoms with Crippen molar-refractivity contribution in [3.8, 4) is 0 Å². The lowest BCUT2D eigenvalue weighted by Crippen LogP contribution is -2.46. The molecule has 1 atom stereocenters. The van der Waals surface area contributed by atoms with Crippen molar-refractivity contribution in [2.75, 3.05) is 6.54 Å². The second-order valence-electron chi connectivity index (χ2n) is 4.34. The Balaban J connectivity index is 2.33. The molecule has 0 spiro atoms. The Labute approximate surface area is 105 Å². The fraction of sp³-hybridized carbons (Fsp3) is 0.385. The van der Waals surface area contributed by atoms with Crippen LogP contribution in [0.5, 0.6) is 0 Å². The molecule has 1 amide bonds. The summed E-state index contributed by atoms with van der Waals surface area (Å²) >= 11 is 0. The van der Waals surface area contributed by atoms with E-state index in [1.54, 1.807) is 0 Å². The Morgan fingerprint density at radius 3 is 2.44 bits per heavy atom. The second-order valence-corrected chi connectivity index (χ2v) is 4.34. The number of rotatable bonds is 6. The van der Waals surface area contributed by atoms with Crippen LogP contribution in [0.4, 0.5) is 0 Å². The van der Waals surface area contributed by atoms with E-state index in [0.29, 0.717) is 6.42 Å². The lowest BCUT2D eigenvalue weighted by molar-refractivity contribution is -0.156. The molecule has 0 radical (unpaired) electrons. The first kappa shape index (κ1) is 14.2. The maximum atomic E-state index is 11.5. The standard InChI is InChI=1S/C13H17NO4/c1-13(18,12(16)17)9-14-11(15)8-7-10-5-3-2-4-6-10/h2-6,18H,7-9H2,1H3,(H,14,15)(H,16,17). The van der Waals surface area contributed by atoms with E-state index in [0.717, 1.165) is 12.5 Å². The topological polar surface area (TPSA) is 86.6 Å². The van der Waals surface area contributed by atoms with Gasteiger partial charge in [-0.2, -0.15) is 0 Å². The Morgan fingerprint density at radius 1 is 1.28 bits per heavy atom. The summed E-state index contributed by atoms with van der Waals surface area (Å²) in [5.41, 5.74) is -0.889. The molecule has 0 aliphatic heterocycles. The number of hydrogen-bond acceptors (Lipinski definition) is 3. The SMILES string of the molecule is CC(O)(CNC(=O)CCc1ccccc1)C(=O)O. The number of nitrogens with one attached hydrogen (secondary N) is 1. The lowest BCUT2D eigenvalue weighted by Gasteiger charge is -2.18. The van der Waals surface area contributed by atoms with Crippen LogP contribution in [0.25, 0.3) is 0 Å². The first-order chi connectivity index (χ1) is 8.42. The van der Waals surface area contributed by atoms with Crippen molar-refractivity contribution in [2.45, 2.75) is 25.4 Å². The summed E-state index contributed by atoms with van der Waals surface area (Å²) in [4.78, 5) is 22.1. The molecule has 5 heteroatoms. The number of aryl methyl sites for hydroxylation is 1. The van der Waals surface area contributed by atoms with E-state index in [9.17, 15) is 14.7 Å². The summed E-state index contributed by atoms with van der Waals surface area (Å²) in [5, 5.41) is 20.5. The minimum Gasteiger partial charge on any atom is -0.479 e. The quantitative estimate of drug-likeness (QED) is 0.690. The summed E-state index contributed by atoms with van der Waals surface area (Å²) < 4.78 is 0. The first-order valence-corrected chi connectivity index (χ1v) is 5.68. The van der Waals surface area contributed by atoms with Gasteiger partial charge in [0.25, 0.3) is 0 Å². The van der Waals surface area contributed by atoms with E-state index >= 15 is 0 Å². The second kappa shape index (κ2) is 6.16. The number of aliphatic hydroxyl groups is 1. The van der Waals surface area contributed by atoms with Gasteiger partial charge in [-0.3, -0.25) is 4.79 Å². The fourth-order valence-corrected chi connectivity index (χ4v) is 1.34. The zero-order valence-electron chi connectivity index (χ0n) is 10.2. The van der Waals surface area contributed by atoms with Crippen molar-refractivity contribution in [3.63, 3.8) is 0 Å². The molecular weight excluding hydrogens is 234 g/mol. The van der Waals surface area contributed by atoms with Crippen LogP contribution < -0.4 is 5.32 Å². The largest absolute Gasteiger partial charge is 0.479 e. The van der Waals surface area contributed by atoms with Crippen molar-refractivity contribution in [3.05, 3.63) is 35.9 Å². The minimum absolute atomic E-state index is 0.264. The van der Waals surface area contributed by atoms with E-state index in [2.05, 4.69) is 5.32 Å². The van der Waals surface area contributed by atoms with Gasteiger partial charge in [0, 0.05) is 6.42 Å². The Kier molecular flexibility index (Phi) is 4.85. The average Bonchev–Trinajstić information content (AvgIpc) is 2.35. The number of carbonyl (C=O) groups excluding carboxylic acids is 1. The Hall–Kier alpha value is -1.88. The van der Waals surface area contributed by atoms with Gasteiger partial charge in [-0.05, 0) is 18.9 Å². The van der Waals surface area contributed by atoms with Crippen LogP contribution >= 0.6 is 0 Å². The van der Waals surface area contributed by atoms with Crippen LogP contribution in [-0.4, -0.2) is 34.2 Å². The molecule has 0 saturated heterocycles. The Bertz CT molecular complexity index is 414. The summed E-state index contributed by atoms with van der Waals surface area (Å²) in [5.74, 6) is -1.63. The van der Waals surface area contributed by atoms with Gasteiger partial charge in [0.1, 0.15) is 0 Å². The maximum absolute atomic E-state index is 11.5. The number of benzene rings is 1.